The Kier molecular flexibility index (Phi) is 5.15. The topological polar surface area (TPSA) is 46.6 Å². The minimum atomic E-state index is -0.279. The minimum Gasteiger partial charge on any atom is -0.464 e. The Hall–Kier alpha value is -1.06. The van der Waals surface area contributed by atoms with Crippen molar-refractivity contribution < 1.29 is 14.3 Å². The molecule has 0 aromatic heterocycles. The van der Waals surface area contributed by atoms with Crippen molar-refractivity contribution in [3.8, 4) is 0 Å². The summed E-state index contributed by atoms with van der Waals surface area (Å²) >= 11 is 0. The summed E-state index contributed by atoms with van der Waals surface area (Å²) in [5.41, 5.74) is 0. The highest BCUT2D eigenvalue weighted by atomic mass is 16.5. The van der Waals surface area contributed by atoms with E-state index in [1.54, 1.807) is 4.90 Å². The number of unbranched alkanes of at least 4 members (excludes halogenated alkanes) is 1. The Bertz CT molecular complexity index is 228. The second-order valence-electron chi connectivity index (χ2n) is 3.85. The maximum atomic E-state index is 11.4. The first-order valence-electron chi connectivity index (χ1n) is 5.67. The van der Waals surface area contributed by atoms with Crippen LogP contribution in [0.1, 0.15) is 39.0 Å². The van der Waals surface area contributed by atoms with E-state index in [9.17, 15) is 9.59 Å². The molecule has 4 nitrogen and oxygen atoms in total. The van der Waals surface area contributed by atoms with Gasteiger partial charge in [-0.3, -0.25) is 9.59 Å². The van der Waals surface area contributed by atoms with E-state index >= 15 is 0 Å². The Labute approximate surface area is 90.6 Å². The standard InChI is InChI=1S/C11H19NO3/c1-2-3-8-15-11(14)9-12-7-5-4-6-10(12)13/h2-9H2,1H3. The summed E-state index contributed by atoms with van der Waals surface area (Å²) in [6, 6.07) is 0. The van der Waals surface area contributed by atoms with Crippen molar-refractivity contribution in [2.75, 3.05) is 19.7 Å². The first-order chi connectivity index (χ1) is 7.24. The molecule has 15 heavy (non-hydrogen) atoms. The van der Waals surface area contributed by atoms with Crippen LogP contribution < -0.4 is 0 Å². The number of esters is 1. The summed E-state index contributed by atoms with van der Waals surface area (Å²) in [6.07, 6.45) is 4.41. The van der Waals surface area contributed by atoms with Crippen molar-refractivity contribution in [3.63, 3.8) is 0 Å². The van der Waals surface area contributed by atoms with E-state index in [4.69, 9.17) is 4.74 Å². The summed E-state index contributed by atoms with van der Waals surface area (Å²) in [7, 11) is 0. The van der Waals surface area contributed by atoms with Gasteiger partial charge in [0.15, 0.2) is 0 Å². The van der Waals surface area contributed by atoms with Crippen molar-refractivity contribution in [1.82, 2.24) is 4.90 Å². The van der Waals surface area contributed by atoms with Crippen LogP contribution in [0.4, 0.5) is 0 Å². The molecule has 0 bridgehead atoms. The third-order valence-corrected chi connectivity index (χ3v) is 2.50. The normalized spacial score (nSPS) is 16.6. The van der Waals surface area contributed by atoms with Crippen LogP contribution in [0.25, 0.3) is 0 Å². The maximum Gasteiger partial charge on any atom is 0.325 e. The Morgan fingerprint density at radius 1 is 1.47 bits per heavy atom. The molecule has 0 aliphatic carbocycles. The van der Waals surface area contributed by atoms with Crippen LogP contribution in [-0.2, 0) is 14.3 Å². The number of nitrogens with zero attached hydrogens (tertiary/aromatic N) is 1. The molecule has 0 aromatic rings. The molecule has 0 aromatic carbocycles. The molecule has 4 heteroatoms. The molecule has 0 N–H and O–H groups in total. The summed E-state index contributed by atoms with van der Waals surface area (Å²) in [5, 5.41) is 0. The molecular weight excluding hydrogens is 194 g/mol. The highest BCUT2D eigenvalue weighted by Crippen LogP contribution is 2.09. The number of hydrogen-bond acceptors (Lipinski definition) is 3. The zero-order chi connectivity index (χ0) is 11.1. The molecule has 0 radical (unpaired) electrons. The smallest absolute Gasteiger partial charge is 0.325 e. The van der Waals surface area contributed by atoms with Crippen LogP contribution in [0, 0.1) is 0 Å². The predicted octanol–water partition coefficient (Wildman–Crippen LogP) is 1.34. The fraction of sp³-hybridized carbons (Fsp3) is 0.818. The molecule has 0 atom stereocenters. The van der Waals surface area contributed by atoms with E-state index in [2.05, 4.69) is 0 Å². The summed E-state index contributed by atoms with van der Waals surface area (Å²) in [6.45, 7) is 3.34. The average molecular weight is 213 g/mol. The molecule has 1 saturated heterocycles. The van der Waals surface area contributed by atoms with Gasteiger partial charge >= 0.3 is 5.97 Å². The van der Waals surface area contributed by atoms with Crippen LogP contribution in [0.15, 0.2) is 0 Å². The second kappa shape index (κ2) is 6.43. The molecule has 1 heterocycles. The van der Waals surface area contributed by atoms with E-state index in [0.29, 0.717) is 19.6 Å². The molecule has 1 aliphatic rings. The van der Waals surface area contributed by atoms with Gasteiger partial charge in [0.2, 0.25) is 5.91 Å². The number of rotatable bonds is 5. The number of amides is 1. The Balaban J connectivity index is 2.21. The van der Waals surface area contributed by atoms with Gasteiger partial charge in [0.05, 0.1) is 6.61 Å². The third-order valence-electron chi connectivity index (χ3n) is 2.50. The zero-order valence-corrected chi connectivity index (χ0v) is 9.33. The van der Waals surface area contributed by atoms with Gasteiger partial charge in [0, 0.05) is 13.0 Å². The van der Waals surface area contributed by atoms with Crippen molar-refractivity contribution in [1.29, 1.82) is 0 Å². The van der Waals surface area contributed by atoms with Gasteiger partial charge in [-0.1, -0.05) is 13.3 Å². The van der Waals surface area contributed by atoms with E-state index in [1.165, 1.54) is 0 Å². The molecule has 1 amide bonds. The molecule has 86 valence electrons. The lowest BCUT2D eigenvalue weighted by molar-refractivity contribution is -0.150. The Morgan fingerprint density at radius 2 is 2.27 bits per heavy atom. The number of piperidine rings is 1. The fourth-order valence-corrected chi connectivity index (χ4v) is 1.56. The molecule has 1 fully saturated rings. The summed E-state index contributed by atoms with van der Waals surface area (Å²) < 4.78 is 5.00. The number of carbonyl (C=O) groups is 2. The number of ether oxygens (including phenoxy) is 1. The van der Waals surface area contributed by atoms with Gasteiger partial charge < -0.3 is 9.64 Å². The van der Waals surface area contributed by atoms with Crippen LogP contribution in [-0.4, -0.2) is 36.5 Å². The number of carbonyl (C=O) groups excluding carboxylic acids is 2. The fourth-order valence-electron chi connectivity index (χ4n) is 1.56. The number of hydrogen-bond donors (Lipinski definition) is 0. The van der Waals surface area contributed by atoms with E-state index in [1.807, 2.05) is 6.92 Å². The first kappa shape index (κ1) is 12.0. The van der Waals surface area contributed by atoms with Crippen molar-refractivity contribution in [2.24, 2.45) is 0 Å². The van der Waals surface area contributed by atoms with Crippen LogP contribution in [0.5, 0.6) is 0 Å². The highest BCUT2D eigenvalue weighted by molar-refractivity contribution is 5.82. The van der Waals surface area contributed by atoms with Crippen LogP contribution >= 0.6 is 0 Å². The molecule has 0 spiro atoms. The van der Waals surface area contributed by atoms with Gasteiger partial charge in [-0.15, -0.1) is 0 Å². The molecular formula is C11H19NO3. The van der Waals surface area contributed by atoms with Gasteiger partial charge in [0.25, 0.3) is 0 Å². The monoisotopic (exact) mass is 213 g/mol. The van der Waals surface area contributed by atoms with Gasteiger partial charge in [-0.2, -0.15) is 0 Å². The van der Waals surface area contributed by atoms with Crippen molar-refractivity contribution in [2.45, 2.75) is 39.0 Å². The van der Waals surface area contributed by atoms with E-state index in [0.717, 1.165) is 25.7 Å². The second-order valence-corrected chi connectivity index (χ2v) is 3.85. The molecule has 0 unspecified atom stereocenters. The van der Waals surface area contributed by atoms with Gasteiger partial charge in [-0.25, -0.2) is 0 Å². The van der Waals surface area contributed by atoms with E-state index in [-0.39, 0.29) is 18.4 Å². The summed E-state index contributed by atoms with van der Waals surface area (Å²) in [5.74, 6) is -0.201. The third kappa shape index (κ3) is 4.32. The van der Waals surface area contributed by atoms with Gasteiger partial charge in [-0.05, 0) is 19.3 Å². The van der Waals surface area contributed by atoms with Crippen molar-refractivity contribution in [3.05, 3.63) is 0 Å². The maximum absolute atomic E-state index is 11.4. The summed E-state index contributed by atoms with van der Waals surface area (Å²) in [4.78, 5) is 24.3. The minimum absolute atomic E-state index is 0.0775. The highest BCUT2D eigenvalue weighted by Gasteiger charge is 2.20. The van der Waals surface area contributed by atoms with Crippen LogP contribution in [0.3, 0.4) is 0 Å². The largest absolute Gasteiger partial charge is 0.464 e. The van der Waals surface area contributed by atoms with Gasteiger partial charge in [0.1, 0.15) is 6.54 Å². The van der Waals surface area contributed by atoms with E-state index < -0.39 is 0 Å². The lowest BCUT2D eigenvalue weighted by Crippen LogP contribution is -2.39. The number of likely N-dealkylation sites (tertiary alicyclic amines) is 1. The molecule has 1 rings (SSSR count). The first-order valence-corrected chi connectivity index (χ1v) is 5.67. The van der Waals surface area contributed by atoms with Crippen LogP contribution in [0.2, 0.25) is 0 Å². The zero-order valence-electron chi connectivity index (χ0n) is 9.33. The quantitative estimate of drug-likeness (QED) is 0.511. The Morgan fingerprint density at radius 3 is 2.93 bits per heavy atom. The van der Waals surface area contributed by atoms with Crippen molar-refractivity contribution >= 4 is 11.9 Å². The SMILES string of the molecule is CCCCOC(=O)CN1CCCCC1=O. The average Bonchev–Trinajstić information content (AvgIpc) is 2.22. The lowest BCUT2D eigenvalue weighted by atomic mass is 10.1. The molecule has 1 aliphatic heterocycles. The molecule has 0 saturated carbocycles. The lowest BCUT2D eigenvalue weighted by Gasteiger charge is -2.25. The predicted molar refractivity (Wildman–Crippen MR) is 56.3 cm³/mol.